The summed E-state index contributed by atoms with van der Waals surface area (Å²) in [6.45, 7) is 9.98. The molecule has 1 unspecified atom stereocenters. The molecule has 54 heavy (non-hydrogen) atoms. The van der Waals surface area contributed by atoms with Gasteiger partial charge in [-0.15, -0.1) is 0 Å². The van der Waals surface area contributed by atoms with Gasteiger partial charge in [0.1, 0.15) is 23.5 Å². The second-order valence-corrected chi connectivity index (χ2v) is 15.2. The average molecular weight is 733 g/mol. The van der Waals surface area contributed by atoms with Gasteiger partial charge in [0.25, 0.3) is 0 Å². The van der Waals surface area contributed by atoms with Crippen molar-refractivity contribution in [3.8, 4) is 17.2 Å². The number of nitrogens with zero attached hydrogens (tertiary/aromatic N) is 5. The minimum atomic E-state index is -0.548. The van der Waals surface area contributed by atoms with E-state index in [1.54, 1.807) is 18.0 Å². The first kappa shape index (κ1) is 37.0. The van der Waals surface area contributed by atoms with Crippen LogP contribution >= 0.6 is 0 Å². The Hall–Kier alpha value is -5.38. The highest BCUT2D eigenvalue weighted by Crippen LogP contribution is 2.48. The van der Waals surface area contributed by atoms with E-state index in [1.807, 2.05) is 25.7 Å². The van der Waals surface area contributed by atoms with Crippen LogP contribution in [-0.2, 0) is 26.3 Å². The summed E-state index contributed by atoms with van der Waals surface area (Å²) in [6, 6.07) is 19.5. The molecular formula is C42H45FN6O5. The zero-order chi connectivity index (χ0) is 38.4. The highest BCUT2D eigenvalue weighted by Gasteiger charge is 2.45. The van der Waals surface area contributed by atoms with Gasteiger partial charge in [0, 0.05) is 55.1 Å². The first-order chi connectivity index (χ1) is 25.8. The topological polar surface area (TPSA) is 132 Å². The van der Waals surface area contributed by atoms with Gasteiger partial charge in [-0.25, -0.2) is 4.39 Å². The number of aromatic nitrogens is 1. The molecule has 0 spiro atoms. The maximum atomic E-state index is 15.4. The first-order valence-corrected chi connectivity index (χ1v) is 18.4. The Bertz CT molecular complexity index is 2130. The third-order valence-electron chi connectivity index (χ3n) is 11.2. The smallest absolute Gasteiger partial charge is 0.243 e. The Morgan fingerprint density at radius 1 is 1.11 bits per heavy atom. The van der Waals surface area contributed by atoms with E-state index in [4.69, 9.17) is 9.26 Å². The third kappa shape index (κ3) is 7.13. The normalized spacial score (nSPS) is 18.6. The lowest BCUT2D eigenvalue weighted by atomic mass is 9.94. The molecular weight excluding hydrogens is 687 g/mol. The molecule has 1 saturated carbocycles. The van der Waals surface area contributed by atoms with Crippen molar-refractivity contribution in [2.24, 2.45) is 0 Å². The summed E-state index contributed by atoms with van der Waals surface area (Å²) < 4.78 is 27.5. The number of amides is 2. The predicted octanol–water partition coefficient (Wildman–Crippen LogP) is 6.44. The summed E-state index contributed by atoms with van der Waals surface area (Å²) in [5.41, 5.74) is 7.15. The molecule has 3 aromatic carbocycles. The van der Waals surface area contributed by atoms with Crippen LogP contribution in [0.15, 0.2) is 59.1 Å². The van der Waals surface area contributed by atoms with E-state index in [9.17, 15) is 19.6 Å². The second kappa shape index (κ2) is 14.5. The quantitative estimate of drug-likeness (QED) is 0.121. The number of benzene rings is 3. The highest BCUT2D eigenvalue weighted by molar-refractivity contribution is 6.00. The zero-order valence-corrected chi connectivity index (χ0v) is 31.4. The van der Waals surface area contributed by atoms with Crippen molar-refractivity contribution in [3.63, 3.8) is 0 Å². The third-order valence-corrected chi connectivity index (χ3v) is 11.2. The number of nitriles is 1. The molecule has 12 heteroatoms. The maximum absolute atomic E-state index is 15.4. The van der Waals surface area contributed by atoms with E-state index in [-0.39, 0.29) is 35.8 Å². The molecule has 1 N–H and O–H groups in total. The Balaban J connectivity index is 1.07. The van der Waals surface area contributed by atoms with Gasteiger partial charge in [-0.05, 0) is 107 Å². The Morgan fingerprint density at radius 2 is 1.85 bits per heavy atom. The van der Waals surface area contributed by atoms with E-state index in [0.717, 1.165) is 57.9 Å². The van der Waals surface area contributed by atoms with Gasteiger partial charge >= 0.3 is 0 Å². The monoisotopic (exact) mass is 732 g/mol. The average Bonchev–Trinajstić information content (AvgIpc) is 3.87. The number of nitrogens with one attached hydrogen (secondary N) is 1. The minimum Gasteiger partial charge on any atom is -0.370 e. The molecule has 1 aromatic heterocycles. The van der Waals surface area contributed by atoms with Crippen LogP contribution in [0.5, 0.6) is 0 Å². The zero-order valence-electron chi connectivity index (χ0n) is 31.4. The van der Waals surface area contributed by atoms with Crippen molar-refractivity contribution in [3.05, 3.63) is 94.1 Å². The molecule has 0 radical (unpaired) electrons. The van der Waals surface area contributed by atoms with Crippen LogP contribution in [0.1, 0.15) is 71.1 Å². The van der Waals surface area contributed by atoms with E-state index >= 15 is 4.39 Å². The van der Waals surface area contributed by atoms with Crippen LogP contribution in [0.2, 0.25) is 0 Å². The molecule has 1 atom stereocenters. The van der Waals surface area contributed by atoms with Crippen molar-refractivity contribution >= 4 is 35.2 Å². The van der Waals surface area contributed by atoms with Gasteiger partial charge < -0.3 is 19.1 Å². The summed E-state index contributed by atoms with van der Waals surface area (Å²) >= 11 is 0. The summed E-state index contributed by atoms with van der Waals surface area (Å²) in [7, 11) is 1.76. The van der Waals surface area contributed by atoms with Crippen LogP contribution < -0.4 is 15.1 Å². The summed E-state index contributed by atoms with van der Waals surface area (Å²) in [6.07, 6.45) is 3.00. The minimum absolute atomic E-state index is 0.219. The largest absolute Gasteiger partial charge is 0.370 e. The molecule has 1 aliphatic carbocycles. The number of aldehydes is 1. The number of imide groups is 1. The van der Waals surface area contributed by atoms with Crippen molar-refractivity contribution in [2.45, 2.75) is 77.0 Å². The van der Waals surface area contributed by atoms with Gasteiger partial charge in [-0.3, -0.25) is 24.6 Å². The molecule has 2 saturated heterocycles. The fraction of sp³-hybridized carbons (Fsp3) is 0.405. The van der Waals surface area contributed by atoms with Gasteiger partial charge in [0.15, 0.2) is 0 Å². The van der Waals surface area contributed by atoms with Crippen LogP contribution in [0.3, 0.4) is 0 Å². The van der Waals surface area contributed by atoms with E-state index < -0.39 is 17.5 Å². The molecule has 3 heterocycles. The highest BCUT2D eigenvalue weighted by atomic mass is 19.1. The van der Waals surface area contributed by atoms with E-state index in [2.05, 4.69) is 70.8 Å². The van der Waals surface area contributed by atoms with Crippen molar-refractivity contribution < 1.29 is 28.0 Å². The molecule has 3 aliphatic rings. The maximum Gasteiger partial charge on any atom is 0.243 e. The summed E-state index contributed by atoms with van der Waals surface area (Å²) in [4.78, 5) is 42.0. The number of aryl methyl sites for hydroxylation is 3. The number of carbonyl (C=O) groups is 3. The summed E-state index contributed by atoms with van der Waals surface area (Å²) in [5.74, 6) is -0.420. The van der Waals surface area contributed by atoms with Gasteiger partial charge in [-0.2, -0.15) is 5.26 Å². The Labute approximate surface area is 314 Å². The fourth-order valence-corrected chi connectivity index (χ4v) is 7.89. The van der Waals surface area contributed by atoms with Gasteiger partial charge in [-0.1, -0.05) is 29.4 Å². The second-order valence-electron chi connectivity index (χ2n) is 15.2. The number of hydrogen-bond donors (Lipinski definition) is 1. The Morgan fingerprint density at radius 3 is 2.48 bits per heavy atom. The molecule has 11 nitrogen and oxygen atoms in total. The molecule has 2 amide bonds. The lowest BCUT2D eigenvalue weighted by Gasteiger charge is -2.49. The number of halogens is 1. The SMILES string of the molecule is Cc1ccc(-c2c(C)noc2C)cc1N(CCOC1(C)CN(c2cc(CN(C)C3CCC(=O)NC3=O)c(C=O)cc2F)C1)c1ccc(C2(C#N)CC2)cc1. The van der Waals surface area contributed by atoms with Crippen LogP contribution in [0.25, 0.3) is 11.1 Å². The Kier molecular flexibility index (Phi) is 9.89. The fourth-order valence-electron chi connectivity index (χ4n) is 7.89. The van der Waals surface area contributed by atoms with E-state index in [0.29, 0.717) is 50.2 Å². The molecule has 0 bridgehead atoms. The standard InChI is InChI=1S/C42H45FN6O5/c1-26-6-7-29(39-27(2)46-54-28(39)3)19-36(26)49(33-10-8-32(9-11-33)42(23-44)14-15-42)16-17-53-41(4)24-48(25-41)37-20-30(31(22-50)18-34(37)43)21-47(5)35-12-13-38(51)45-40(35)52/h6-11,18-20,22,35H,12-17,21,24-25H2,1-5H3,(H,45,51,52). The molecule has 2 aliphatic heterocycles. The number of hydrogen-bond acceptors (Lipinski definition) is 10. The van der Waals surface area contributed by atoms with Gasteiger partial charge in [0.05, 0.1) is 35.5 Å². The number of anilines is 3. The molecule has 7 rings (SSSR count). The number of carbonyl (C=O) groups excluding carboxylic acids is 3. The van der Waals surface area contributed by atoms with Crippen molar-refractivity contribution in [1.29, 1.82) is 5.26 Å². The number of ether oxygens (including phenoxy) is 1. The van der Waals surface area contributed by atoms with Crippen LogP contribution in [-0.4, -0.2) is 73.1 Å². The molecule has 3 fully saturated rings. The van der Waals surface area contributed by atoms with Crippen molar-refractivity contribution in [2.75, 3.05) is 43.1 Å². The van der Waals surface area contributed by atoms with Crippen molar-refractivity contribution in [1.82, 2.24) is 15.4 Å². The van der Waals surface area contributed by atoms with Gasteiger partial charge in [0.2, 0.25) is 11.8 Å². The number of piperidine rings is 1. The number of rotatable bonds is 13. The van der Waals surface area contributed by atoms with E-state index in [1.165, 1.54) is 6.07 Å². The lowest BCUT2D eigenvalue weighted by molar-refractivity contribution is -0.137. The molecule has 280 valence electrons. The number of likely N-dealkylation sites (N-methyl/N-ethyl adjacent to an activating group) is 1. The van der Waals surface area contributed by atoms with Crippen LogP contribution in [0, 0.1) is 37.9 Å². The molecule has 4 aromatic rings. The first-order valence-electron chi connectivity index (χ1n) is 18.4. The van der Waals surface area contributed by atoms with Crippen LogP contribution in [0.4, 0.5) is 21.5 Å². The summed E-state index contributed by atoms with van der Waals surface area (Å²) in [5, 5.41) is 16.3. The predicted molar refractivity (Wildman–Crippen MR) is 202 cm³/mol. The lowest BCUT2D eigenvalue weighted by Crippen LogP contribution is -2.62.